The van der Waals surface area contributed by atoms with Gasteiger partial charge in [0.05, 0.1) is 6.61 Å². The Kier molecular flexibility index (Phi) is 4.59. The lowest BCUT2D eigenvalue weighted by Crippen LogP contribution is -2.29. The van der Waals surface area contributed by atoms with E-state index in [1.54, 1.807) is 0 Å². The number of aryl methyl sites for hydroxylation is 1. The maximum atomic E-state index is 12.3. The summed E-state index contributed by atoms with van der Waals surface area (Å²) in [5.74, 6) is 0. The molecule has 3 nitrogen and oxygen atoms in total. The summed E-state index contributed by atoms with van der Waals surface area (Å²) in [5.41, 5.74) is 3.09. The normalized spacial score (nSPS) is 14.6. The second-order valence-corrected chi connectivity index (χ2v) is 5.17. The van der Waals surface area contributed by atoms with E-state index in [0.717, 1.165) is 38.6 Å². The molecule has 100 valence electrons. The number of aliphatic hydroxyl groups excluding tert-OH is 1. The molecule has 0 aromatic carbocycles. The Morgan fingerprint density at radius 2 is 2.06 bits per heavy atom. The fourth-order valence-electron chi connectivity index (χ4n) is 2.81. The van der Waals surface area contributed by atoms with E-state index in [1.165, 1.54) is 24.1 Å². The fraction of sp³-hybridized carbons (Fsp3) is 0.667. The van der Waals surface area contributed by atoms with E-state index in [0.29, 0.717) is 5.56 Å². The molecule has 2 rings (SSSR count). The monoisotopic (exact) mass is 249 g/mol. The van der Waals surface area contributed by atoms with Gasteiger partial charge in [0, 0.05) is 17.8 Å². The number of rotatable bonds is 5. The van der Waals surface area contributed by atoms with Crippen molar-refractivity contribution in [2.24, 2.45) is 0 Å². The molecule has 1 aromatic heterocycles. The van der Waals surface area contributed by atoms with Crippen LogP contribution in [0.2, 0.25) is 0 Å². The Bertz CT molecular complexity index is 462. The Morgan fingerprint density at radius 1 is 1.28 bits per heavy atom. The highest BCUT2D eigenvalue weighted by atomic mass is 16.3. The predicted octanol–water partition coefficient (Wildman–Crippen LogP) is 2.41. The van der Waals surface area contributed by atoms with Crippen LogP contribution in [-0.2, 0) is 26.0 Å². The van der Waals surface area contributed by atoms with Crippen LogP contribution in [0.3, 0.4) is 0 Å². The van der Waals surface area contributed by atoms with Gasteiger partial charge in [-0.2, -0.15) is 0 Å². The summed E-state index contributed by atoms with van der Waals surface area (Å²) in [6, 6.07) is 1.92. The van der Waals surface area contributed by atoms with Crippen molar-refractivity contribution in [2.75, 3.05) is 0 Å². The van der Waals surface area contributed by atoms with E-state index in [1.807, 2.05) is 10.6 Å². The molecule has 1 heterocycles. The third-order valence-corrected chi connectivity index (χ3v) is 3.83. The minimum absolute atomic E-state index is 0.0225. The summed E-state index contributed by atoms with van der Waals surface area (Å²) in [6.07, 6.45) is 7.82. The average molecular weight is 249 g/mol. The first-order valence-electron chi connectivity index (χ1n) is 7.13. The van der Waals surface area contributed by atoms with Gasteiger partial charge in [-0.15, -0.1) is 0 Å². The van der Waals surface area contributed by atoms with E-state index in [4.69, 9.17) is 0 Å². The van der Waals surface area contributed by atoms with Gasteiger partial charge in [0.1, 0.15) is 0 Å². The van der Waals surface area contributed by atoms with Gasteiger partial charge in [-0.25, -0.2) is 0 Å². The van der Waals surface area contributed by atoms with Gasteiger partial charge in [-0.05, 0) is 43.7 Å². The molecule has 3 heteroatoms. The number of hydrogen-bond acceptors (Lipinski definition) is 2. The highest BCUT2D eigenvalue weighted by Crippen LogP contribution is 2.21. The minimum atomic E-state index is -0.139. The minimum Gasteiger partial charge on any atom is -0.391 e. The molecular formula is C15H23NO2. The summed E-state index contributed by atoms with van der Waals surface area (Å²) < 4.78 is 1.93. The summed E-state index contributed by atoms with van der Waals surface area (Å²) in [7, 11) is 0. The topological polar surface area (TPSA) is 42.2 Å². The number of aromatic nitrogens is 1. The van der Waals surface area contributed by atoms with Crippen molar-refractivity contribution in [3.05, 3.63) is 33.2 Å². The van der Waals surface area contributed by atoms with Crippen molar-refractivity contribution < 1.29 is 5.11 Å². The van der Waals surface area contributed by atoms with Crippen LogP contribution in [0.4, 0.5) is 0 Å². The molecular weight excluding hydrogens is 226 g/mol. The lowest BCUT2D eigenvalue weighted by Gasteiger charge is -2.22. The molecule has 0 fully saturated rings. The summed E-state index contributed by atoms with van der Waals surface area (Å²) in [4.78, 5) is 12.3. The van der Waals surface area contributed by atoms with E-state index in [2.05, 4.69) is 6.92 Å². The van der Waals surface area contributed by atoms with Gasteiger partial charge in [0.15, 0.2) is 0 Å². The first-order valence-corrected chi connectivity index (χ1v) is 7.13. The molecule has 0 atom stereocenters. The van der Waals surface area contributed by atoms with Crippen LogP contribution in [-0.4, -0.2) is 9.67 Å². The van der Waals surface area contributed by atoms with Crippen LogP contribution in [0, 0.1) is 0 Å². The number of pyridine rings is 1. The van der Waals surface area contributed by atoms with Crippen LogP contribution < -0.4 is 5.56 Å². The standard InChI is InChI=1S/C15H23NO2/c1-2-3-6-9-16-14-8-5-4-7-12(14)10-13(11-17)15(16)18/h10,17H,2-9,11H2,1H3. The van der Waals surface area contributed by atoms with Crippen LogP contribution in [0.25, 0.3) is 0 Å². The van der Waals surface area contributed by atoms with Crippen molar-refractivity contribution in [3.8, 4) is 0 Å². The molecule has 0 saturated heterocycles. The van der Waals surface area contributed by atoms with E-state index < -0.39 is 0 Å². The van der Waals surface area contributed by atoms with Crippen molar-refractivity contribution in [3.63, 3.8) is 0 Å². The van der Waals surface area contributed by atoms with Crippen LogP contribution >= 0.6 is 0 Å². The molecule has 1 aromatic rings. The number of unbranched alkanes of at least 4 members (excludes halogenated alkanes) is 2. The number of fused-ring (bicyclic) bond motifs is 1. The largest absolute Gasteiger partial charge is 0.391 e. The van der Waals surface area contributed by atoms with E-state index in [-0.39, 0.29) is 12.2 Å². The smallest absolute Gasteiger partial charge is 0.256 e. The SMILES string of the molecule is CCCCCn1c2c(cc(CO)c1=O)CCCC2. The van der Waals surface area contributed by atoms with Gasteiger partial charge in [-0.3, -0.25) is 4.79 Å². The fourth-order valence-corrected chi connectivity index (χ4v) is 2.81. The zero-order valence-corrected chi connectivity index (χ0v) is 11.2. The predicted molar refractivity (Wildman–Crippen MR) is 72.8 cm³/mol. The molecule has 0 radical (unpaired) electrons. The highest BCUT2D eigenvalue weighted by molar-refractivity contribution is 5.28. The molecule has 0 aliphatic heterocycles. The van der Waals surface area contributed by atoms with Crippen molar-refractivity contribution >= 4 is 0 Å². The van der Waals surface area contributed by atoms with Gasteiger partial charge in [-0.1, -0.05) is 19.8 Å². The van der Waals surface area contributed by atoms with E-state index in [9.17, 15) is 9.90 Å². The zero-order chi connectivity index (χ0) is 13.0. The maximum Gasteiger partial charge on any atom is 0.256 e. The molecule has 1 aliphatic rings. The molecule has 0 saturated carbocycles. The first-order chi connectivity index (χ1) is 8.77. The molecule has 0 bridgehead atoms. The number of hydrogen-bond donors (Lipinski definition) is 1. The average Bonchev–Trinajstić information content (AvgIpc) is 2.41. The Labute approximate surface area is 108 Å². The van der Waals surface area contributed by atoms with Crippen molar-refractivity contribution in [2.45, 2.75) is 65.0 Å². The van der Waals surface area contributed by atoms with Crippen LogP contribution in [0.15, 0.2) is 10.9 Å². The lowest BCUT2D eigenvalue weighted by molar-refractivity contribution is 0.278. The molecule has 0 spiro atoms. The summed E-state index contributed by atoms with van der Waals surface area (Å²) in [6.45, 7) is 2.84. The van der Waals surface area contributed by atoms with Gasteiger partial charge in [0.25, 0.3) is 5.56 Å². The molecule has 1 aliphatic carbocycles. The Hall–Kier alpha value is -1.09. The second kappa shape index (κ2) is 6.19. The highest BCUT2D eigenvalue weighted by Gasteiger charge is 2.16. The van der Waals surface area contributed by atoms with Crippen LogP contribution in [0.1, 0.15) is 55.8 Å². The summed E-state index contributed by atoms with van der Waals surface area (Å²) in [5, 5.41) is 9.30. The number of aliphatic hydroxyl groups is 1. The quantitative estimate of drug-likeness (QED) is 0.814. The first kappa shape index (κ1) is 13.3. The van der Waals surface area contributed by atoms with Crippen molar-refractivity contribution in [1.82, 2.24) is 4.57 Å². The third kappa shape index (κ3) is 2.66. The van der Waals surface area contributed by atoms with E-state index >= 15 is 0 Å². The molecule has 0 amide bonds. The summed E-state index contributed by atoms with van der Waals surface area (Å²) >= 11 is 0. The maximum absolute atomic E-state index is 12.3. The van der Waals surface area contributed by atoms with Gasteiger partial charge in [0.2, 0.25) is 0 Å². The molecule has 1 N–H and O–H groups in total. The zero-order valence-electron chi connectivity index (χ0n) is 11.2. The Morgan fingerprint density at radius 3 is 2.78 bits per heavy atom. The van der Waals surface area contributed by atoms with Gasteiger partial charge >= 0.3 is 0 Å². The second-order valence-electron chi connectivity index (χ2n) is 5.17. The molecule has 0 unspecified atom stereocenters. The molecule has 18 heavy (non-hydrogen) atoms. The Balaban J connectivity index is 2.37. The van der Waals surface area contributed by atoms with Crippen molar-refractivity contribution in [1.29, 1.82) is 0 Å². The van der Waals surface area contributed by atoms with Crippen LogP contribution in [0.5, 0.6) is 0 Å². The van der Waals surface area contributed by atoms with Gasteiger partial charge < -0.3 is 9.67 Å². The third-order valence-electron chi connectivity index (χ3n) is 3.83. The lowest BCUT2D eigenvalue weighted by atomic mass is 9.94. The number of nitrogens with zero attached hydrogens (tertiary/aromatic N) is 1.